The van der Waals surface area contributed by atoms with Gasteiger partial charge in [-0.05, 0) is 6.92 Å². The van der Waals surface area contributed by atoms with Crippen molar-refractivity contribution in [3.63, 3.8) is 0 Å². The van der Waals surface area contributed by atoms with Crippen molar-refractivity contribution in [2.45, 2.75) is 12.6 Å². The fourth-order valence-electron chi connectivity index (χ4n) is 0.273. The minimum Gasteiger partial charge on any atom is -0.377 e. The first-order chi connectivity index (χ1) is 4.22. The molecule has 0 rings (SSSR count). The number of hydrogen-bond donors (Lipinski definition) is 2. The molecule has 5 heteroatoms. The van der Waals surface area contributed by atoms with E-state index in [2.05, 4.69) is 5.32 Å². The molecule has 0 radical (unpaired) electrons. The molecule has 4 nitrogen and oxygen atoms in total. The van der Waals surface area contributed by atoms with Crippen molar-refractivity contribution in [3.8, 4) is 0 Å². The number of aliphatic hydroxyl groups is 1. The average Bonchev–Trinajstić information content (AvgIpc) is 1.87. The van der Waals surface area contributed by atoms with Gasteiger partial charge in [0.1, 0.15) is 12.4 Å². The first kappa shape index (κ1) is 8.53. The van der Waals surface area contributed by atoms with Crippen LogP contribution in [-0.4, -0.2) is 23.4 Å². The quantitative estimate of drug-likeness (QED) is 0.429. The summed E-state index contributed by atoms with van der Waals surface area (Å²) >= 11 is 0. The summed E-state index contributed by atoms with van der Waals surface area (Å²) in [4.78, 5) is 10.5. The van der Waals surface area contributed by atoms with Crippen LogP contribution in [0.25, 0.3) is 0 Å². The molecule has 0 saturated carbocycles. The van der Waals surface area contributed by atoms with Gasteiger partial charge in [-0.1, -0.05) is 0 Å². The normalized spacial score (nSPS) is 13.1. The Balaban J connectivity index is 3.58. The minimum absolute atomic E-state index is 0.226. The number of aliphatic hydroxyl groups excluding tert-OH is 1. The molecule has 0 aliphatic carbocycles. The summed E-state index contributed by atoms with van der Waals surface area (Å²) in [5.74, 6) is -0.408. The molecule has 0 aromatic carbocycles. The monoisotopic (exact) mass is 149 g/mol. The third-order valence-electron chi connectivity index (χ3n) is 0.791. The van der Waals surface area contributed by atoms with Gasteiger partial charge in [0.05, 0.1) is 0 Å². The lowest BCUT2D eigenvalue weighted by Gasteiger charge is -2.00. The summed E-state index contributed by atoms with van der Waals surface area (Å²) in [6.45, 7) is 1.10. The number of amides is 1. The third-order valence-corrected chi connectivity index (χ3v) is 1.34. The predicted octanol–water partition coefficient (Wildman–Crippen LogP) is -0.267. The van der Waals surface area contributed by atoms with Crippen molar-refractivity contribution >= 4 is 14.4 Å². The van der Waals surface area contributed by atoms with Crippen LogP contribution in [0.15, 0.2) is 0 Å². The molecule has 0 aromatic rings. The van der Waals surface area contributed by atoms with Crippen molar-refractivity contribution in [3.05, 3.63) is 0 Å². The molecule has 0 aliphatic heterocycles. The predicted molar refractivity (Wildman–Crippen MR) is 32.3 cm³/mol. The highest BCUT2D eigenvalue weighted by Gasteiger charge is 2.09. The van der Waals surface area contributed by atoms with Crippen molar-refractivity contribution < 1.29 is 14.5 Å². The zero-order valence-corrected chi connectivity index (χ0v) is 5.89. The van der Waals surface area contributed by atoms with Crippen molar-refractivity contribution in [2.75, 3.05) is 6.73 Å². The molecule has 1 amide bonds. The number of hydrogen-bond acceptors (Lipinski definition) is 3. The molecule has 0 spiro atoms. The molecule has 0 heterocycles. The summed E-state index contributed by atoms with van der Waals surface area (Å²) < 4.78 is 9.98. The van der Waals surface area contributed by atoms with Crippen LogP contribution in [0.1, 0.15) is 6.92 Å². The van der Waals surface area contributed by atoms with Crippen LogP contribution in [0.4, 0.5) is 0 Å². The maximum absolute atomic E-state index is 10.5. The van der Waals surface area contributed by atoms with Gasteiger partial charge in [0.2, 0.25) is 5.91 Å². The second-order valence-corrected chi connectivity index (χ2v) is 2.47. The molecule has 0 aliphatic rings. The number of rotatable bonds is 3. The Labute approximate surface area is 54.5 Å². The Morgan fingerprint density at radius 1 is 1.89 bits per heavy atom. The highest BCUT2D eigenvalue weighted by atomic mass is 31.1. The van der Waals surface area contributed by atoms with E-state index in [0.29, 0.717) is 0 Å². The Kier molecular flexibility index (Phi) is 4.18. The maximum atomic E-state index is 10.5. The van der Waals surface area contributed by atoms with Gasteiger partial charge in [0.25, 0.3) is 0 Å². The fourth-order valence-corrected chi connectivity index (χ4v) is 0.461. The van der Waals surface area contributed by atoms with Gasteiger partial charge in [-0.3, -0.25) is 9.36 Å². The standard InChI is InChI=1S/C4H8NO3P/c1-3(9-8)4(7)5-2-6/h3,6H,2H2,1H3,(H,5,7). The van der Waals surface area contributed by atoms with E-state index in [1.165, 1.54) is 6.92 Å². The lowest BCUT2D eigenvalue weighted by molar-refractivity contribution is -0.121. The number of nitrogens with one attached hydrogen (secondary N) is 1. The van der Waals surface area contributed by atoms with Crippen LogP contribution < -0.4 is 5.32 Å². The summed E-state index contributed by atoms with van der Waals surface area (Å²) in [5.41, 5.74) is -0.572. The topological polar surface area (TPSA) is 66.4 Å². The summed E-state index contributed by atoms with van der Waals surface area (Å²) in [7, 11) is -0.226. The summed E-state index contributed by atoms with van der Waals surface area (Å²) in [6.07, 6.45) is 0. The third kappa shape index (κ3) is 3.16. The van der Waals surface area contributed by atoms with Gasteiger partial charge in [0.15, 0.2) is 8.46 Å². The van der Waals surface area contributed by atoms with Crippen LogP contribution in [0, 0.1) is 0 Å². The Morgan fingerprint density at radius 2 is 2.44 bits per heavy atom. The van der Waals surface area contributed by atoms with E-state index in [4.69, 9.17) is 5.11 Å². The first-order valence-electron chi connectivity index (χ1n) is 2.43. The van der Waals surface area contributed by atoms with Crippen LogP contribution in [-0.2, 0) is 9.36 Å². The number of carbonyl (C=O) groups is 1. The van der Waals surface area contributed by atoms with E-state index < -0.39 is 18.3 Å². The Bertz CT molecular complexity index is 116. The first-order valence-corrected chi connectivity index (χ1v) is 3.31. The molecule has 0 saturated heterocycles. The molecular formula is C4H8NO3P. The molecule has 9 heavy (non-hydrogen) atoms. The molecule has 0 aromatic heterocycles. The van der Waals surface area contributed by atoms with E-state index in [9.17, 15) is 9.36 Å². The molecule has 2 N–H and O–H groups in total. The maximum Gasteiger partial charge on any atom is 0.236 e. The van der Waals surface area contributed by atoms with Crippen LogP contribution in [0.5, 0.6) is 0 Å². The van der Waals surface area contributed by atoms with E-state index in [1.54, 1.807) is 0 Å². The van der Waals surface area contributed by atoms with Gasteiger partial charge in [-0.15, -0.1) is 0 Å². The molecule has 1 atom stereocenters. The van der Waals surface area contributed by atoms with Crippen LogP contribution in [0.2, 0.25) is 0 Å². The van der Waals surface area contributed by atoms with Crippen LogP contribution in [0.3, 0.4) is 0 Å². The molecule has 0 fully saturated rings. The molecular weight excluding hydrogens is 141 g/mol. The Hall–Kier alpha value is -0.470. The van der Waals surface area contributed by atoms with E-state index in [-0.39, 0.29) is 8.46 Å². The highest BCUT2D eigenvalue weighted by molar-refractivity contribution is 7.26. The van der Waals surface area contributed by atoms with E-state index in [1.807, 2.05) is 0 Å². The van der Waals surface area contributed by atoms with E-state index >= 15 is 0 Å². The van der Waals surface area contributed by atoms with E-state index in [0.717, 1.165) is 0 Å². The highest BCUT2D eigenvalue weighted by Crippen LogP contribution is 2.03. The van der Waals surface area contributed by atoms with Crippen molar-refractivity contribution in [1.82, 2.24) is 5.32 Å². The lowest BCUT2D eigenvalue weighted by atomic mass is 10.4. The largest absolute Gasteiger partial charge is 0.377 e. The minimum atomic E-state index is -0.572. The summed E-state index contributed by atoms with van der Waals surface area (Å²) in [5, 5.41) is 10.2. The van der Waals surface area contributed by atoms with Gasteiger partial charge in [-0.25, -0.2) is 0 Å². The van der Waals surface area contributed by atoms with Gasteiger partial charge in [-0.2, -0.15) is 0 Å². The Morgan fingerprint density at radius 3 is 2.78 bits per heavy atom. The molecule has 1 unspecified atom stereocenters. The average molecular weight is 149 g/mol. The zero-order valence-electron chi connectivity index (χ0n) is 5.00. The van der Waals surface area contributed by atoms with Crippen molar-refractivity contribution in [2.24, 2.45) is 0 Å². The second-order valence-electron chi connectivity index (χ2n) is 1.48. The second kappa shape index (κ2) is 4.41. The van der Waals surface area contributed by atoms with Crippen LogP contribution >= 0.6 is 8.46 Å². The smallest absolute Gasteiger partial charge is 0.236 e. The zero-order chi connectivity index (χ0) is 7.28. The van der Waals surface area contributed by atoms with Gasteiger partial charge < -0.3 is 10.4 Å². The fraction of sp³-hybridized carbons (Fsp3) is 0.750. The van der Waals surface area contributed by atoms with Gasteiger partial charge in [0, 0.05) is 0 Å². The van der Waals surface area contributed by atoms with Crippen molar-refractivity contribution in [1.29, 1.82) is 0 Å². The summed E-state index contributed by atoms with van der Waals surface area (Å²) in [6, 6.07) is 0. The molecule has 0 bridgehead atoms. The SMILES string of the molecule is CC(P=O)C(=O)NCO. The molecule has 52 valence electrons. The number of carbonyl (C=O) groups excluding carboxylic acids is 1. The lowest BCUT2D eigenvalue weighted by Crippen LogP contribution is -2.30. The van der Waals surface area contributed by atoms with Gasteiger partial charge >= 0.3 is 0 Å².